The largest absolute Gasteiger partial charge is 0.321 e. The number of pyridine rings is 1. The maximum Gasteiger partial charge on any atom is 0.256 e. The van der Waals surface area contributed by atoms with Gasteiger partial charge in [-0.05, 0) is 68.7 Å². The van der Waals surface area contributed by atoms with Crippen LogP contribution in [0.4, 0.5) is 10.1 Å². The van der Waals surface area contributed by atoms with Gasteiger partial charge in [0, 0.05) is 11.3 Å². The van der Waals surface area contributed by atoms with Crippen LogP contribution in [0.3, 0.4) is 0 Å². The van der Waals surface area contributed by atoms with E-state index in [9.17, 15) is 17.6 Å². The Balaban J connectivity index is 1.70. The van der Waals surface area contributed by atoms with Gasteiger partial charge < -0.3 is 5.32 Å². The van der Waals surface area contributed by atoms with Crippen LogP contribution in [0.1, 0.15) is 39.6 Å². The van der Waals surface area contributed by atoms with Gasteiger partial charge in [0.05, 0.1) is 39.9 Å². The molecule has 4 aromatic rings. The van der Waals surface area contributed by atoms with Crippen LogP contribution in [-0.2, 0) is 9.84 Å². The molecule has 0 saturated carbocycles. The molecule has 180 valence electrons. The second-order valence-electron chi connectivity index (χ2n) is 9.07. The molecular weight excluding hydrogens is 467 g/mol. The molecule has 0 aliphatic carbocycles. The Morgan fingerprint density at radius 1 is 1.09 bits per heavy atom. The average Bonchev–Trinajstić information content (AvgIpc) is 3.35. The molecule has 2 aromatic carbocycles. The Hall–Kier alpha value is -3.59. The Morgan fingerprint density at radius 3 is 2.40 bits per heavy atom. The Kier molecular flexibility index (Phi) is 5.67. The van der Waals surface area contributed by atoms with E-state index < -0.39 is 9.84 Å². The van der Waals surface area contributed by atoms with Crippen molar-refractivity contribution in [2.24, 2.45) is 0 Å². The van der Waals surface area contributed by atoms with Crippen molar-refractivity contribution in [2.75, 3.05) is 16.8 Å². The zero-order valence-corrected chi connectivity index (χ0v) is 20.5. The van der Waals surface area contributed by atoms with Gasteiger partial charge in [-0.1, -0.05) is 18.2 Å². The third-order valence-corrected chi connectivity index (χ3v) is 8.25. The first kappa shape index (κ1) is 23.2. The molecule has 2 aromatic heterocycles. The number of sulfone groups is 1. The fraction of sp³-hybridized carbons (Fsp3) is 0.269. The molecule has 1 atom stereocenters. The highest BCUT2D eigenvalue weighted by molar-refractivity contribution is 7.91. The predicted molar refractivity (Wildman–Crippen MR) is 134 cm³/mol. The van der Waals surface area contributed by atoms with Crippen molar-refractivity contribution in [1.82, 2.24) is 14.8 Å². The summed E-state index contributed by atoms with van der Waals surface area (Å²) in [5.41, 5.74) is 5.13. The number of carbonyl (C=O) groups excluding carboxylic acids is 1. The van der Waals surface area contributed by atoms with Gasteiger partial charge in [0.2, 0.25) is 0 Å². The van der Waals surface area contributed by atoms with Crippen LogP contribution in [0.15, 0.2) is 48.5 Å². The molecule has 0 spiro atoms. The molecule has 0 radical (unpaired) electrons. The second-order valence-corrected chi connectivity index (χ2v) is 11.3. The topological polar surface area (TPSA) is 93.9 Å². The number of aryl methyl sites for hydroxylation is 3. The third kappa shape index (κ3) is 4.32. The number of rotatable bonds is 4. The van der Waals surface area contributed by atoms with Gasteiger partial charge >= 0.3 is 0 Å². The molecule has 1 amide bonds. The van der Waals surface area contributed by atoms with Crippen molar-refractivity contribution in [3.05, 3.63) is 76.7 Å². The number of carbonyl (C=O) groups is 1. The van der Waals surface area contributed by atoms with Crippen LogP contribution in [-0.4, -0.2) is 40.6 Å². The minimum Gasteiger partial charge on any atom is -0.321 e. The molecule has 5 rings (SSSR count). The Morgan fingerprint density at radius 2 is 1.77 bits per heavy atom. The van der Waals surface area contributed by atoms with Crippen molar-refractivity contribution >= 4 is 32.5 Å². The lowest BCUT2D eigenvalue weighted by Gasteiger charge is -2.14. The van der Waals surface area contributed by atoms with Gasteiger partial charge in [-0.15, -0.1) is 0 Å². The number of benzene rings is 2. The van der Waals surface area contributed by atoms with E-state index in [1.165, 1.54) is 12.1 Å². The number of nitrogens with zero attached hydrogens (tertiary/aromatic N) is 3. The summed E-state index contributed by atoms with van der Waals surface area (Å²) in [4.78, 5) is 18.4. The first-order valence-corrected chi connectivity index (χ1v) is 13.2. The van der Waals surface area contributed by atoms with Crippen molar-refractivity contribution in [3.8, 4) is 11.3 Å². The number of fused-ring (bicyclic) bond motifs is 1. The molecule has 9 heteroatoms. The van der Waals surface area contributed by atoms with Crippen LogP contribution in [0.5, 0.6) is 0 Å². The molecule has 1 fully saturated rings. The number of para-hydroxylation sites is 1. The molecule has 1 aliphatic heterocycles. The summed E-state index contributed by atoms with van der Waals surface area (Å²) >= 11 is 0. The summed E-state index contributed by atoms with van der Waals surface area (Å²) in [6.45, 7) is 5.65. The van der Waals surface area contributed by atoms with Gasteiger partial charge in [0.25, 0.3) is 5.91 Å². The molecule has 7 nitrogen and oxygen atoms in total. The smallest absolute Gasteiger partial charge is 0.256 e. The van der Waals surface area contributed by atoms with Gasteiger partial charge in [-0.3, -0.25) is 4.79 Å². The van der Waals surface area contributed by atoms with Crippen molar-refractivity contribution in [2.45, 2.75) is 33.2 Å². The minimum absolute atomic E-state index is 0.0182. The lowest BCUT2D eigenvalue weighted by Crippen LogP contribution is -2.16. The van der Waals surface area contributed by atoms with E-state index in [2.05, 4.69) is 10.4 Å². The van der Waals surface area contributed by atoms with Crippen LogP contribution in [0.25, 0.3) is 22.3 Å². The van der Waals surface area contributed by atoms with Gasteiger partial charge in [-0.2, -0.15) is 5.10 Å². The SMILES string of the molecule is Cc1cccc(C)c1NC(=O)c1cc(-c2ccc(F)cc2)nc2c1c(C)nn2C1CCS(=O)(=O)C1. The quantitative estimate of drug-likeness (QED) is 0.443. The van der Waals surface area contributed by atoms with E-state index in [-0.39, 0.29) is 29.3 Å². The summed E-state index contributed by atoms with van der Waals surface area (Å²) in [6.07, 6.45) is 0.435. The first-order chi connectivity index (χ1) is 16.6. The van der Waals surface area contributed by atoms with Gasteiger partial charge in [0.1, 0.15) is 5.82 Å². The van der Waals surface area contributed by atoms with Crippen LogP contribution in [0.2, 0.25) is 0 Å². The van der Waals surface area contributed by atoms with E-state index in [0.29, 0.717) is 40.0 Å². The molecule has 1 saturated heterocycles. The second kappa shape index (κ2) is 8.57. The number of nitrogens with one attached hydrogen (secondary N) is 1. The lowest BCUT2D eigenvalue weighted by atomic mass is 10.0. The maximum absolute atomic E-state index is 13.6. The van der Waals surface area contributed by atoms with E-state index in [4.69, 9.17) is 4.98 Å². The minimum atomic E-state index is -3.16. The number of halogens is 1. The van der Waals surface area contributed by atoms with Gasteiger partial charge in [-0.25, -0.2) is 22.5 Å². The number of anilines is 1. The van der Waals surface area contributed by atoms with E-state index in [1.54, 1.807) is 29.8 Å². The maximum atomic E-state index is 13.6. The summed E-state index contributed by atoms with van der Waals surface area (Å²) in [6, 6.07) is 13.0. The van der Waals surface area contributed by atoms with Crippen molar-refractivity contribution in [3.63, 3.8) is 0 Å². The average molecular weight is 493 g/mol. The predicted octanol–water partition coefficient (Wildman–Crippen LogP) is 4.77. The highest BCUT2D eigenvalue weighted by atomic mass is 32.2. The zero-order valence-electron chi connectivity index (χ0n) is 19.7. The first-order valence-electron chi connectivity index (χ1n) is 11.4. The summed E-state index contributed by atoms with van der Waals surface area (Å²) in [5, 5.41) is 8.23. The summed E-state index contributed by atoms with van der Waals surface area (Å²) < 4.78 is 39.5. The van der Waals surface area contributed by atoms with Gasteiger partial charge in [0.15, 0.2) is 15.5 Å². The standard InChI is InChI=1S/C26H25FN4O3S/c1-15-5-4-6-16(2)24(15)29-26(32)21-13-22(18-7-9-19(27)10-8-18)28-25-23(21)17(3)30-31(25)20-11-12-35(33,34)14-20/h4-10,13,20H,11-12,14H2,1-3H3,(H,29,32). The third-order valence-electron chi connectivity index (χ3n) is 6.50. The number of aromatic nitrogens is 3. The van der Waals surface area contributed by atoms with E-state index in [1.807, 2.05) is 32.0 Å². The molecule has 1 N–H and O–H groups in total. The molecular formula is C26H25FN4O3S. The lowest BCUT2D eigenvalue weighted by molar-refractivity contribution is 0.102. The monoisotopic (exact) mass is 492 g/mol. The number of hydrogen-bond donors (Lipinski definition) is 1. The number of hydrogen-bond acceptors (Lipinski definition) is 5. The highest BCUT2D eigenvalue weighted by Crippen LogP contribution is 2.33. The van der Waals surface area contributed by atoms with Crippen LogP contribution < -0.4 is 5.32 Å². The molecule has 1 unspecified atom stereocenters. The zero-order chi connectivity index (χ0) is 24.9. The summed E-state index contributed by atoms with van der Waals surface area (Å²) in [7, 11) is -3.16. The molecule has 0 bridgehead atoms. The Labute approximate surface area is 202 Å². The van der Waals surface area contributed by atoms with Crippen LogP contribution >= 0.6 is 0 Å². The van der Waals surface area contributed by atoms with E-state index in [0.717, 1.165) is 16.8 Å². The highest BCUT2D eigenvalue weighted by Gasteiger charge is 2.32. The number of amides is 1. The normalized spacial score (nSPS) is 17.1. The van der Waals surface area contributed by atoms with Crippen LogP contribution in [0, 0.1) is 26.6 Å². The van der Waals surface area contributed by atoms with Crippen molar-refractivity contribution in [1.29, 1.82) is 0 Å². The molecule has 3 heterocycles. The molecule has 35 heavy (non-hydrogen) atoms. The van der Waals surface area contributed by atoms with Crippen molar-refractivity contribution < 1.29 is 17.6 Å². The van der Waals surface area contributed by atoms with E-state index >= 15 is 0 Å². The summed E-state index contributed by atoms with van der Waals surface area (Å²) in [5.74, 6) is -0.620. The fourth-order valence-corrected chi connectivity index (χ4v) is 6.37. The molecule has 1 aliphatic rings. The fourth-order valence-electron chi connectivity index (χ4n) is 4.68. The Bertz CT molecular complexity index is 1560.